The standard InChI is InChI=1S/C25H23FN6O5S/c1-36-17-11-15(18(26)14-3-2-9-37-20(14)17)19(29-13-6-4-12(5-7-13)22(27)28)23-30-25(35)32(31-23)16-8-10-38-21(16)24(33)34/h4-8,10-11,19,29H,2-3,9H2,1H3,(H3,27,28)(H,33,34)(H,30,31,35). The number of benzene rings is 2. The number of halogens is 1. The highest BCUT2D eigenvalue weighted by Gasteiger charge is 2.30. The van der Waals surface area contributed by atoms with E-state index in [0.717, 1.165) is 16.0 Å². The summed E-state index contributed by atoms with van der Waals surface area (Å²) in [5.41, 5.74) is 6.50. The Kier molecular flexibility index (Phi) is 6.59. The molecule has 2 aromatic heterocycles. The van der Waals surface area contributed by atoms with Crippen molar-refractivity contribution in [1.29, 1.82) is 5.41 Å². The smallest absolute Gasteiger partial charge is 0.348 e. The van der Waals surface area contributed by atoms with Crippen molar-refractivity contribution < 1.29 is 23.8 Å². The molecule has 0 bridgehead atoms. The molecule has 1 aliphatic heterocycles. The van der Waals surface area contributed by atoms with Gasteiger partial charge in [-0.15, -0.1) is 16.4 Å². The molecule has 13 heteroatoms. The number of aromatic amines is 1. The first kappa shape index (κ1) is 25.0. The summed E-state index contributed by atoms with van der Waals surface area (Å²) in [6.45, 7) is 0.441. The van der Waals surface area contributed by atoms with Crippen molar-refractivity contribution in [3.05, 3.63) is 85.5 Å². The van der Waals surface area contributed by atoms with Crippen LogP contribution < -0.4 is 26.2 Å². The number of nitrogens with two attached hydrogens (primary N) is 1. The largest absolute Gasteiger partial charge is 0.493 e. The van der Waals surface area contributed by atoms with Crippen LogP contribution in [0.4, 0.5) is 10.1 Å². The quantitative estimate of drug-likeness (QED) is 0.168. The number of ether oxygens (including phenoxy) is 2. The Balaban J connectivity index is 1.66. The number of hydrogen-bond acceptors (Lipinski definition) is 8. The number of nitrogen functional groups attached to an aromatic ring is 1. The number of carboxylic acids is 1. The lowest BCUT2D eigenvalue weighted by atomic mass is 9.96. The minimum Gasteiger partial charge on any atom is -0.493 e. The predicted molar refractivity (Wildman–Crippen MR) is 139 cm³/mol. The maximum absolute atomic E-state index is 16.0. The fourth-order valence-electron chi connectivity index (χ4n) is 4.33. The van der Waals surface area contributed by atoms with Gasteiger partial charge in [-0.2, -0.15) is 4.68 Å². The monoisotopic (exact) mass is 538 g/mol. The van der Waals surface area contributed by atoms with Crippen molar-refractivity contribution in [3.63, 3.8) is 0 Å². The number of carboxylic acid groups (broad SMARTS) is 1. The summed E-state index contributed by atoms with van der Waals surface area (Å²) in [6, 6.07) is 8.54. The Morgan fingerprint density at radius 3 is 2.82 bits per heavy atom. The molecule has 1 unspecified atom stereocenters. The minimum absolute atomic E-state index is 0.0471. The molecule has 2 aromatic carbocycles. The molecular weight excluding hydrogens is 515 g/mol. The lowest BCUT2D eigenvalue weighted by Crippen LogP contribution is -2.20. The molecule has 1 atom stereocenters. The number of fused-ring (bicyclic) bond motifs is 1. The number of nitrogens with zero attached hydrogens (tertiary/aromatic N) is 2. The molecule has 3 heterocycles. The van der Waals surface area contributed by atoms with E-state index in [0.29, 0.717) is 47.8 Å². The molecule has 0 saturated carbocycles. The molecule has 0 spiro atoms. The average Bonchev–Trinajstić information content (AvgIpc) is 3.55. The summed E-state index contributed by atoms with van der Waals surface area (Å²) in [5.74, 6) is -1.11. The zero-order valence-corrected chi connectivity index (χ0v) is 20.9. The van der Waals surface area contributed by atoms with E-state index >= 15 is 4.39 Å². The molecule has 0 radical (unpaired) electrons. The Bertz CT molecular complexity index is 1590. The molecule has 11 nitrogen and oxygen atoms in total. The van der Waals surface area contributed by atoms with Gasteiger partial charge in [0, 0.05) is 22.4 Å². The van der Waals surface area contributed by atoms with Crippen LogP contribution in [0.15, 0.2) is 46.6 Å². The topological polar surface area (TPSA) is 168 Å². The van der Waals surface area contributed by atoms with E-state index < -0.39 is 23.5 Å². The van der Waals surface area contributed by atoms with Crippen molar-refractivity contribution >= 4 is 28.8 Å². The maximum atomic E-state index is 16.0. The average molecular weight is 539 g/mol. The number of aromatic nitrogens is 3. The third-order valence-electron chi connectivity index (χ3n) is 6.13. The van der Waals surface area contributed by atoms with Gasteiger partial charge in [-0.3, -0.25) is 10.4 Å². The fourth-order valence-corrected chi connectivity index (χ4v) is 5.04. The van der Waals surface area contributed by atoms with Gasteiger partial charge >= 0.3 is 11.7 Å². The van der Waals surface area contributed by atoms with E-state index in [9.17, 15) is 14.7 Å². The highest BCUT2D eigenvalue weighted by molar-refractivity contribution is 7.12. The first-order chi connectivity index (χ1) is 18.3. The van der Waals surface area contributed by atoms with Crippen molar-refractivity contribution in [2.45, 2.75) is 18.9 Å². The van der Waals surface area contributed by atoms with Crippen LogP contribution in [-0.4, -0.2) is 45.4 Å². The number of carbonyl (C=O) groups is 1. The normalized spacial score (nSPS) is 13.3. The number of hydrogen-bond donors (Lipinski definition) is 5. The van der Waals surface area contributed by atoms with Gasteiger partial charge in [0.15, 0.2) is 17.3 Å². The second-order valence-corrected chi connectivity index (χ2v) is 9.39. The number of nitrogens with one attached hydrogen (secondary N) is 3. The molecule has 4 aromatic rings. The van der Waals surface area contributed by atoms with E-state index in [2.05, 4.69) is 15.4 Å². The van der Waals surface area contributed by atoms with Gasteiger partial charge in [-0.05, 0) is 54.6 Å². The van der Waals surface area contributed by atoms with Gasteiger partial charge in [-0.25, -0.2) is 14.0 Å². The number of methoxy groups -OCH3 is 1. The van der Waals surface area contributed by atoms with Crippen LogP contribution in [0, 0.1) is 11.2 Å². The van der Waals surface area contributed by atoms with E-state index in [-0.39, 0.29) is 27.8 Å². The molecule has 0 aliphatic carbocycles. The second-order valence-electron chi connectivity index (χ2n) is 8.48. The zero-order valence-electron chi connectivity index (χ0n) is 20.1. The molecule has 1 aliphatic rings. The van der Waals surface area contributed by atoms with E-state index in [1.54, 1.807) is 29.6 Å². The molecule has 196 valence electrons. The summed E-state index contributed by atoms with van der Waals surface area (Å²) in [4.78, 5) is 27.1. The van der Waals surface area contributed by atoms with Crippen LogP contribution in [0.25, 0.3) is 5.69 Å². The van der Waals surface area contributed by atoms with Crippen LogP contribution in [0.2, 0.25) is 0 Å². The van der Waals surface area contributed by atoms with Crippen LogP contribution in [0.3, 0.4) is 0 Å². The number of H-pyrrole nitrogens is 1. The highest BCUT2D eigenvalue weighted by atomic mass is 32.1. The SMILES string of the molecule is COc1cc(C(Nc2ccc(C(=N)N)cc2)c2nn(-c3ccsc3C(=O)O)c(=O)[nH]2)c(F)c2c1OCCC2. The van der Waals surface area contributed by atoms with Gasteiger partial charge in [0.1, 0.15) is 22.6 Å². The molecule has 0 amide bonds. The lowest BCUT2D eigenvalue weighted by molar-refractivity contribution is 0.0702. The van der Waals surface area contributed by atoms with E-state index in [4.69, 9.17) is 20.6 Å². The summed E-state index contributed by atoms with van der Waals surface area (Å²) in [6.07, 6.45) is 1.07. The molecule has 38 heavy (non-hydrogen) atoms. The summed E-state index contributed by atoms with van der Waals surface area (Å²) in [7, 11) is 1.46. The number of thiophene rings is 1. The molecular formula is C25H23FN6O5S. The van der Waals surface area contributed by atoms with E-state index in [1.165, 1.54) is 19.2 Å². The maximum Gasteiger partial charge on any atom is 0.348 e. The van der Waals surface area contributed by atoms with Crippen LogP contribution >= 0.6 is 11.3 Å². The summed E-state index contributed by atoms with van der Waals surface area (Å²) < 4.78 is 28.1. The predicted octanol–water partition coefficient (Wildman–Crippen LogP) is 3.28. The number of aromatic carboxylic acids is 1. The fraction of sp³-hybridized carbons (Fsp3) is 0.200. The van der Waals surface area contributed by atoms with Crippen LogP contribution in [-0.2, 0) is 6.42 Å². The number of rotatable bonds is 8. The first-order valence-electron chi connectivity index (χ1n) is 11.5. The minimum atomic E-state index is -1.20. The molecule has 5 rings (SSSR count). The molecule has 0 saturated heterocycles. The van der Waals surface area contributed by atoms with Gasteiger partial charge in [0.05, 0.1) is 19.4 Å². The van der Waals surface area contributed by atoms with Gasteiger partial charge in [-0.1, -0.05) is 0 Å². The lowest BCUT2D eigenvalue weighted by Gasteiger charge is -2.25. The van der Waals surface area contributed by atoms with Crippen molar-refractivity contribution in [3.8, 4) is 17.2 Å². The van der Waals surface area contributed by atoms with Crippen molar-refractivity contribution in [2.75, 3.05) is 19.0 Å². The third-order valence-corrected chi connectivity index (χ3v) is 7.03. The summed E-state index contributed by atoms with van der Waals surface area (Å²) in [5, 5.41) is 26.2. The molecule has 6 N–H and O–H groups in total. The van der Waals surface area contributed by atoms with Crippen molar-refractivity contribution in [2.24, 2.45) is 5.73 Å². The molecule has 0 fully saturated rings. The van der Waals surface area contributed by atoms with Crippen LogP contribution in [0.5, 0.6) is 11.5 Å². The Morgan fingerprint density at radius 1 is 1.37 bits per heavy atom. The Hall–Kier alpha value is -4.65. The van der Waals surface area contributed by atoms with Gasteiger partial charge in [0.2, 0.25) is 0 Å². The van der Waals surface area contributed by atoms with E-state index in [1.807, 2.05) is 0 Å². The Morgan fingerprint density at radius 2 is 2.13 bits per heavy atom. The second kappa shape index (κ2) is 10.0. The number of anilines is 1. The van der Waals surface area contributed by atoms with Crippen molar-refractivity contribution in [1.82, 2.24) is 14.8 Å². The third kappa shape index (κ3) is 4.47. The zero-order chi connectivity index (χ0) is 27.0. The highest BCUT2D eigenvalue weighted by Crippen LogP contribution is 2.41. The Labute approximate surface area is 219 Å². The summed E-state index contributed by atoms with van der Waals surface area (Å²) >= 11 is 0.958. The van der Waals surface area contributed by atoms with Gasteiger partial charge in [0.25, 0.3) is 0 Å². The first-order valence-corrected chi connectivity index (χ1v) is 12.4. The van der Waals surface area contributed by atoms with Gasteiger partial charge < -0.3 is 25.6 Å². The van der Waals surface area contributed by atoms with Crippen LogP contribution in [0.1, 0.15) is 44.6 Å². The number of amidine groups is 1.